The normalized spacial score (nSPS) is 21.5. The number of halogens is 3. The number of hydrogen-bond donors (Lipinski definition) is 2. The van der Waals surface area contributed by atoms with Crippen LogP contribution in [-0.4, -0.2) is 69.1 Å². The van der Waals surface area contributed by atoms with Gasteiger partial charge in [-0.2, -0.15) is 0 Å². The number of carbonyl (C=O) groups excluding carboxylic acids is 1. The third-order valence-electron chi connectivity index (χ3n) is 6.99. The van der Waals surface area contributed by atoms with Crippen molar-refractivity contribution in [3.63, 3.8) is 0 Å². The first kappa shape index (κ1) is 28.1. The van der Waals surface area contributed by atoms with Gasteiger partial charge in [-0.15, -0.1) is 0 Å². The van der Waals surface area contributed by atoms with E-state index in [-0.39, 0.29) is 24.1 Å². The third-order valence-corrected chi connectivity index (χ3v) is 7.70. The fraction of sp³-hybridized carbons (Fsp3) is 0.321. The first-order valence-corrected chi connectivity index (χ1v) is 13.6. The molecule has 3 aromatic rings. The molecule has 3 heterocycles. The summed E-state index contributed by atoms with van der Waals surface area (Å²) in [4.78, 5) is 26.2. The summed E-state index contributed by atoms with van der Waals surface area (Å²) in [5.74, 6) is 0.222. The second kappa shape index (κ2) is 12.4. The number of carbonyl (C=O) groups is 1. The van der Waals surface area contributed by atoms with Crippen molar-refractivity contribution in [3.05, 3.63) is 95.4 Å². The van der Waals surface area contributed by atoms with E-state index in [1.54, 1.807) is 53.8 Å². The van der Waals surface area contributed by atoms with Gasteiger partial charge in [0.25, 0.3) is 0 Å². The van der Waals surface area contributed by atoms with Gasteiger partial charge in [0.05, 0.1) is 7.11 Å². The molecule has 12 heteroatoms. The van der Waals surface area contributed by atoms with Gasteiger partial charge < -0.3 is 15.4 Å². The number of benzene rings is 2. The number of amides is 1. The average Bonchev–Trinajstić information content (AvgIpc) is 3.49. The van der Waals surface area contributed by atoms with E-state index in [0.29, 0.717) is 43.7 Å². The van der Waals surface area contributed by atoms with E-state index in [2.05, 4.69) is 20.5 Å². The Hall–Kier alpha value is -3.44. The summed E-state index contributed by atoms with van der Waals surface area (Å²) in [6.45, 7) is 2.54. The van der Waals surface area contributed by atoms with Crippen LogP contribution in [0.25, 0.3) is 0 Å². The lowest BCUT2D eigenvalue weighted by atomic mass is 10.0. The zero-order chi connectivity index (χ0) is 28.1. The van der Waals surface area contributed by atoms with Crippen LogP contribution in [0.3, 0.4) is 0 Å². The van der Waals surface area contributed by atoms with Crippen LogP contribution in [-0.2, 0) is 17.9 Å². The lowest BCUT2D eigenvalue weighted by Gasteiger charge is -2.46. The second-order valence-electron chi connectivity index (χ2n) is 9.67. The van der Waals surface area contributed by atoms with Crippen LogP contribution in [0.2, 0.25) is 5.02 Å². The van der Waals surface area contributed by atoms with E-state index in [1.807, 2.05) is 23.1 Å². The zero-order valence-electron chi connectivity index (χ0n) is 21.9. The van der Waals surface area contributed by atoms with Gasteiger partial charge in [0, 0.05) is 68.8 Å². The maximum Gasteiger partial charge on any atom is 0.221 e. The summed E-state index contributed by atoms with van der Waals surface area (Å²) in [5.41, 5.74) is 1.75. The molecule has 1 amide bonds. The van der Waals surface area contributed by atoms with E-state index < -0.39 is 10.9 Å². The fourth-order valence-corrected chi connectivity index (χ4v) is 5.27. The molecule has 1 saturated heterocycles. The van der Waals surface area contributed by atoms with Crippen LogP contribution in [0.15, 0.2) is 78.5 Å². The number of methoxy groups -OCH3 is 1. The number of piperazine rings is 1. The predicted octanol–water partition coefficient (Wildman–Crippen LogP) is 3.79. The lowest BCUT2D eigenvalue weighted by molar-refractivity contribution is -0.123. The van der Waals surface area contributed by atoms with Gasteiger partial charge >= 0.3 is 0 Å². The van der Waals surface area contributed by atoms with E-state index in [4.69, 9.17) is 32.9 Å². The molecule has 1 fully saturated rings. The molecule has 9 nitrogen and oxygen atoms in total. The first-order chi connectivity index (χ1) is 19.3. The van der Waals surface area contributed by atoms with Crippen LogP contribution in [0.1, 0.15) is 17.5 Å². The number of ether oxygens (including phenoxy) is 1. The van der Waals surface area contributed by atoms with Crippen molar-refractivity contribution in [3.8, 4) is 5.75 Å². The highest BCUT2D eigenvalue weighted by atomic mass is 35.5. The van der Waals surface area contributed by atoms with Gasteiger partial charge in [-0.1, -0.05) is 41.4 Å². The zero-order valence-corrected chi connectivity index (χ0v) is 23.4. The monoisotopic (exact) mass is 585 g/mol. The number of aliphatic imine (C=N–C) groups is 1. The third kappa shape index (κ3) is 6.64. The molecule has 5 rings (SSSR count). The Morgan fingerprint density at radius 2 is 2.02 bits per heavy atom. The minimum absolute atomic E-state index is 0.0974. The van der Waals surface area contributed by atoms with Crippen molar-refractivity contribution < 1.29 is 13.9 Å². The van der Waals surface area contributed by atoms with E-state index in [9.17, 15) is 9.18 Å². The molecular weight excluding hydrogens is 556 g/mol. The van der Waals surface area contributed by atoms with Gasteiger partial charge in [-0.3, -0.25) is 19.2 Å². The highest BCUT2D eigenvalue weighted by Gasteiger charge is 2.40. The maximum atomic E-state index is 14.4. The van der Waals surface area contributed by atoms with E-state index in [0.717, 1.165) is 11.1 Å². The average molecular weight is 586 g/mol. The number of nitrogens with zero attached hydrogens (tertiary/aromatic N) is 5. The van der Waals surface area contributed by atoms with Crippen molar-refractivity contribution in [1.82, 2.24) is 30.0 Å². The number of alkyl halides is 1. The minimum atomic E-state index is -1.14. The molecule has 2 atom stereocenters. The molecule has 2 aliphatic rings. The Balaban J connectivity index is 1.32. The van der Waals surface area contributed by atoms with Gasteiger partial charge in [-0.05, 0) is 41.5 Å². The van der Waals surface area contributed by atoms with E-state index in [1.165, 1.54) is 13.2 Å². The van der Waals surface area contributed by atoms with Crippen molar-refractivity contribution in [1.29, 1.82) is 0 Å². The van der Waals surface area contributed by atoms with Gasteiger partial charge in [0.1, 0.15) is 6.33 Å². The highest BCUT2D eigenvalue weighted by Crippen LogP contribution is 2.31. The van der Waals surface area contributed by atoms with Crippen molar-refractivity contribution >= 4 is 35.1 Å². The van der Waals surface area contributed by atoms with Crippen LogP contribution in [0, 0.1) is 5.82 Å². The minimum Gasteiger partial charge on any atom is -0.494 e. The number of rotatable bonds is 8. The first-order valence-electron chi connectivity index (χ1n) is 12.9. The molecule has 2 aliphatic heterocycles. The molecule has 1 aromatic heterocycles. The summed E-state index contributed by atoms with van der Waals surface area (Å²) >= 11 is 13.0. The molecule has 0 aliphatic carbocycles. The molecule has 2 unspecified atom stereocenters. The summed E-state index contributed by atoms with van der Waals surface area (Å²) in [5, 5.41) is 5.61. The molecule has 210 valence electrons. The molecular formula is C28H30Cl2FN7O2. The Bertz CT molecular complexity index is 1380. The quantitative estimate of drug-likeness (QED) is 0.309. The summed E-state index contributed by atoms with van der Waals surface area (Å²) in [7, 11) is 1.44. The number of imidazole rings is 1. The van der Waals surface area contributed by atoms with Crippen molar-refractivity contribution in [2.45, 2.75) is 30.7 Å². The Kier molecular flexibility index (Phi) is 8.70. The van der Waals surface area contributed by atoms with Crippen LogP contribution >= 0.6 is 23.2 Å². The van der Waals surface area contributed by atoms with Crippen molar-refractivity contribution in [2.24, 2.45) is 4.99 Å². The molecule has 2 aromatic carbocycles. The molecule has 0 radical (unpaired) electrons. The second-order valence-corrected chi connectivity index (χ2v) is 10.7. The number of hydrogen-bond acceptors (Lipinski definition) is 7. The van der Waals surface area contributed by atoms with E-state index >= 15 is 0 Å². The van der Waals surface area contributed by atoms with Gasteiger partial charge in [0.2, 0.25) is 17.0 Å². The Morgan fingerprint density at radius 3 is 2.75 bits per heavy atom. The van der Waals surface area contributed by atoms with Crippen LogP contribution in [0.4, 0.5) is 4.39 Å². The largest absolute Gasteiger partial charge is 0.494 e. The molecule has 0 spiro atoms. The SMILES string of the molecule is COc1ccc(CN2CCN(C3(Cl)C=CNC(n4ccnc4)=N3)CC2CC(=O)NCc2ccc(Cl)cc2)cc1F. The Morgan fingerprint density at radius 1 is 1.23 bits per heavy atom. The standard InChI is InChI=1S/C28H30Cl2FN7O2/c1-40-25-7-4-21(14-24(25)31)17-36-12-13-38(28(30)8-9-33-27(35-28)37-11-10-32-19-37)18-23(36)15-26(39)34-16-20-2-5-22(29)6-3-20/h2-11,14,19,23H,12-13,15-18H2,1H3,(H,33,35)(H,34,39). The lowest BCUT2D eigenvalue weighted by Crippen LogP contribution is -2.59. The summed E-state index contributed by atoms with van der Waals surface area (Å²) in [6.07, 6.45) is 8.87. The summed E-state index contributed by atoms with van der Waals surface area (Å²) in [6, 6.07) is 12.1. The predicted molar refractivity (Wildman–Crippen MR) is 153 cm³/mol. The number of nitrogens with one attached hydrogen (secondary N) is 2. The molecule has 0 saturated carbocycles. The Labute approximate surface area is 242 Å². The van der Waals surface area contributed by atoms with Gasteiger partial charge in [0.15, 0.2) is 11.6 Å². The molecule has 0 bridgehead atoms. The molecule has 40 heavy (non-hydrogen) atoms. The van der Waals surface area contributed by atoms with Crippen LogP contribution in [0.5, 0.6) is 5.75 Å². The maximum absolute atomic E-state index is 14.4. The van der Waals surface area contributed by atoms with Crippen LogP contribution < -0.4 is 15.4 Å². The van der Waals surface area contributed by atoms with Gasteiger partial charge in [-0.25, -0.2) is 14.4 Å². The highest BCUT2D eigenvalue weighted by molar-refractivity contribution is 6.30. The fourth-order valence-electron chi connectivity index (χ4n) is 4.84. The number of aromatic nitrogens is 2. The molecule has 2 N–H and O–H groups in total. The van der Waals surface area contributed by atoms with Crippen molar-refractivity contribution in [2.75, 3.05) is 26.7 Å². The smallest absolute Gasteiger partial charge is 0.221 e. The summed E-state index contributed by atoms with van der Waals surface area (Å²) < 4.78 is 21.2. The topological polar surface area (TPSA) is 87.0 Å².